The van der Waals surface area contributed by atoms with E-state index in [-0.39, 0.29) is 5.97 Å². The molecule has 0 atom stereocenters. The Kier molecular flexibility index (Phi) is 9.17. The van der Waals surface area contributed by atoms with E-state index in [9.17, 15) is 4.79 Å². The van der Waals surface area contributed by atoms with E-state index >= 15 is 0 Å². The number of hydrogen-bond donors (Lipinski definition) is 0. The molecule has 93 valence electrons. The maximum absolute atomic E-state index is 11.6. The summed E-state index contributed by atoms with van der Waals surface area (Å²) in [7, 11) is -1.91. The molecule has 0 saturated carbocycles. The van der Waals surface area contributed by atoms with Gasteiger partial charge in [-0.25, -0.2) is 4.79 Å². The molecule has 0 fully saturated rings. The van der Waals surface area contributed by atoms with E-state index in [4.69, 9.17) is 13.3 Å². The molecule has 0 aliphatic rings. The molecule has 4 nitrogen and oxygen atoms in total. The molecule has 1 radical (unpaired) electrons. The summed E-state index contributed by atoms with van der Waals surface area (Å²) in [4.78, 5) is 11.6. The molecular weight excluding hydrogens is 224 g/mol. The third-order valence-electron chi connectivity index (χ3n) is 1.76. The molecule has 0 unspecified atom stereocenters. The van der Waals surface area contributed by atoms with Crippen LogP contribution < -0.4 is 0 Å². The summed E-state index contributed by atoms with van der Waals surface area (Å²) in [6.07, 6.45) is 3.77. The summed E-state index contributed by atoms with van der Waals surface area (Å²) in [6, 6.07) is 0. The fourth-order valence-electron chi connectivity index (χ4n) is 0.937. The van der Waals surface area contributed by atoms with Crippen molar-refractivity contribution in [1.82, 2.24) is 0 Å². The Bertz CT molecular complexity index is 222. The molecule has 16 heavy (non-hydrogen) atoms. The molecule has 0 aromatic rings. The molecule has 0 heterocycles. The summed E-state index contributed by atoms with van der Waals surface area (Å²) in [5.74, 6) is -0.343. The molecule has 0 aliphatic heterocycles. The van der Waals surface area contributed by atoms with Crippen LogP contribution in [0.4, 0.5) is 0 Å². The number of carbonyl (C=O) groups is 1. The van der Waals surface area contributed by atoms with Crippen molar-refractivity contribution in [2.24, 2.45) is 0 Å². The van der Waals surface area contributed by atoms with E-state index in [1.54, 1.807) is 6.92 Å². The molecule has 0 spiro atoms. The van der Waals surface area contributed by atoms with Gasteiger partial charge < -0.3 is 13.3 Å². The van der Waals surface area contributed by atoms with Gasteiger partial charge >= 0.3 is 15.5 Å². The zero-order valence-corrected chi connectivity index (χ0v) is 11.5. The molecule has 5 heteroatoms. The van der Waals surface area contributed by atoms with Crippen molar-refractivity contribution in [3.63, 3.8) is 0 Å². The third kappa shape index (κ3) is 6.76. The average Bonchev–Trinajstić information content (AvgIpc) is 2.26. The van der Waals surface area contributed by atoms with E-state index in [2.05, 4.69) is 6.92 Å². The second-order valence-electron chi connectivity index (χ2n) is 3.18. The van der Waals surface area contributed by atoms with Crippen LogP contribution in [0.3, 0.4) is 0 Å². The highest BCUT2D eigenvalue weighted by Crippen LogP contribution is 2.03. The van der Waals surface area contributed by atoms with Crippen LogP contribution in [-0.4, -0.2) is 28.7 Å². The van der Waals surface area contributed by atoms with E-state index in [1.165, 1.54) is 0 Å². The van der Waals surface area contributed by atoms with Gasteiger partial charge in [-0.2, -0.15) is 0 Å². The SMILES string of the molecule is CCCC=C(C)C(=O)O[Si](OCC)OCC. The molecule has 0 N–H and O–H groups in total. The van der Waals surface area contributed by atoms with E-state index < -0.39 is 9.53 Å². The van der Waals surface area contributed by atoms with Crippen molar-refractivity contribution >= 4 is 15.5 Å². The Morgan fingerprint density at radius 2 is 1.75 bits per heavy atom. The quantitative estimate of drug-likeness (QED) is 0.486. The topological polar surface area (TPSA) is 44.8 Å². The van der Waals surface area contributed by atoms with Gasteiger partial charge in [-0.05, 0) is 27.2 Å². The van der Waals surface area contributed by atoms with Gasteiger partial charge in [-0.15, -0.1) is 0 Å². The van der Waals surface area contributed by atoms with Crippen molar-refractivity contribution in [3.05, 3.63) is 11.6 Å². The maximum Gasteiger partial charge on any atom is 0.658 e. The second kappa shape index (κ2) is 9.56. The van der Waals surface area contributed by atoms with Gasteiger partial charge in [0.25, 0.3) is 0 Å². The normalized spacial score (nSPS) is 11.9. The van der Waals surface area contributed by atoms with Gasteiger partial charge in [0.2, 0.25) is 0 Å². The first-order valence-electron chi connectivity index (χ1n) is 5.67. The molecule has 0 rings (SSSR count). The van der Waals surface area contributed by atoms with E-state index in [0.29, 0.717) is 18.8 Å². The lowest BCUT2D eigenvalue weighted by Crippen LogP contribution is -2.30. The summed E-state index contributed by atoms with van der Waals surface area (Å²) in [6.45, 7) is 8.47. The first kappa shape index (κ1) is 15.3. The molecule has 0 aromatic carbocycles. The van der Waals surface area contributed by atoms with Crippen LogP contribution in [0.5, 0.6) is 0 Å². The number of hydrogen-bond acceptors (Lipinski definition) is 4. The highest BCUT2D eigenvalue weighted by molar-refractivity contribution is 6.39. The number of unbranched alkanes of at least 4 members (excludes halogenated alkanes) is 1. The lowest BCUT2D eigenvalue weighted by molar-refractivity contribution is -0.133. The molecular formula is C11H21O4Si. The van der Waals surface area contributed by atoms with Gasteiger partial charge in [0.15, 0.2) is 0 Å². The van der Waals surface area contributed by atoms with Crippen LogP contribution in [0.1, 0.15) is 40.5 Å². The van der Waals surface area contributed by atoms with E-state index in [1.807, 2.05) is 19.9 Å². The lowest BCUT2D eigenvalue weighted by atomic mass is 10.2. The highest BCUT2D eigenvalue weighted by atomic mass is 28.3. The van der Waals surface area contributed by atoms with Gasteiger partial charge in [-0.1, -0.05) is 19.4 Å². The van der Waals surface area contributed by atoms with Gasteiger partial charge in [0.1, 0.15) is 0 Å². The Hall–Kier alpha value is -0.653. The smallest absolute Gasteiger partial charge is 0.467 e. The average molecular weight is 245 g/mol. The number of carbonyl (C=O) groups excluding carboxylic acids is 1. The molecule has 0 aliphatic carbocycles. The number of rotatable bonds is 8. The van der Waals surface area contributed by atoms with Crippen LogP contribution in [0.2, 0.25) is 0 Å². The first-order valence-corrected chi connectivity index (χ1v) is 6.89. The Morgan fingerprint density at radius 3 is 2.19 bits per heavy atom. The van der Waals surface area contributed by atoms with Crippen LogP contribution in [-0.2, 0) is 18.1 Å². The molecule has 0 saturated heterocycles. The van der Waals surface area contributed by atoms with Crippen molar-refractivity contribution in [3.8, 4) is 0 Å². The minimum atomic E-state index is -1.91. The van der Waals surface area contributed by atoms with Crippen molar-refractivity contribution in [2.45, 2.75) is 40.5 Å². The zero-order valence-electron chi connectivity index (χ0n) is 10.5. The molecule has 0 bridgehead atoms. The highest BCUT2D eigenvalue weighted by Gasteiger charge is 2.24. The fourth-order valence-corrected chi connectivity index (χ4v) is 1.92. The van der Waals surface area contributed by atoms with Crippen LogP contribution >= 0.6 is 0 Å². The van der Waals surface area contributed by atoms with Gasteiger partial charge in [0.05, 0.1) is 0 Å². The summed E-state index contributed by atoms with van der Waals surface area (Å²) >= 11 is 0. The fraction of sp³-hybridized carbons (Fsp3) is 0.727. The monoisotopic (exact) mass is 245 g/mol. The standard InChI is InChI=1S/C11H21O4Si/c1-5-8-9-10(4)11(12)15-16(13-6-2)14-7-3/h9H,5-8H2,1-4H3. The van der Waals surface area contributed by atoms with Crippen LogP contribution in [0.15, 0.2) is 11.6 Å². The Labute approximate surface area is 99.5 Å². The van der Waals surface area contributed by atoms with Crippen molar-refractivity contribution in [2.75, 3.05) is 13.2 Å². The van der Waals surface area contributed by atoms with Crippen molar-refractivity contribution in [1.29, 1.82) is 0 Å². The summed E-state index contributed by atoms with van der Waals surface area (Å²) in [5, 5.41) is 0. The zero-order chi connectivity index (χ0) is 12.4. The molecule has 0 aromatic heterocycles. The third-order valence-corrected chi connectivity index (χ3v) is 3.16. The maximum atomic E-state index is 11.6. The summed E-state index contributed by atoms with van der Waals surface area (Å²) < 4.78 is 15.6. The van der Waals surface area contributed by atoms with Crippen LogP contribution in [0, 0.1) is 0 Å². The minimum Gasteiger partial charge on any atom is -0.467 e. The number of allylic oxidation sites excluding steroid dienone is 1. The first-order chi connectivity index (χ1) is 7.65. The van der Waals surface area contributed by atoms with Crippen LogP contribution in [0.25, 0.3) is 0 Å². The molecule has 0 amide bonds. The predicted octanol–water partition coefficient (Wildman–Crippen LogP) is 2.33. The van der Waals surface area contributed by atoms with Gasteiger partial charge in [-0.3, -0.25) is 0 Å². The largest absolute Gasteiger partial charge is 0.658 e. The lowest BCUT2D eigenvalue weighted by Gasteiger charge is -2.12. The van der Waals surface area contributed by atoms with Crippen molar-refractivity contribution < 1.29 is 18.1 Å². The second-order valence-corrected chi connectivity index (χ2v) is 4.46. The predicted molar refractivity (Wildman–Crippen MR) is 63.8 cm³/mol. The Balaban J connectivity index is 4.16. The Morgan fingerprint density at radius 1 is 1.19 bits per heavy atom. The van der Waals surface area contributed by atoms with Gasteiger partial charge in [0, 0.05) is 18.8 Å². The summed E-state index contributed by atoms with van der Waals surface area (Å²) in [5.41, 5.74) is 0.615. The minimum absolute atomic E-state index is 0.343. The van der Waals surface area contributed by atoms with E-state index in [0.717, 1.165) is 12.8 Å².